The Morgan fingerprint density at radius 2 is 1.36 bits per heavy atom. The van der Waals surface area contributed by atoms with Crippen LogP contribution >= 0.6 is 11.6 Å². The van der Waals surface area contributed by atoms with Crippen molar-refractivity contribution in [1.82, 2.24) is 10.2 Å². The van der Waals surface area contributed by atoms with Crippen molar-refractivity contribution in [2.75, 3.05) is 10.8 Å². The first kappa shape index (κ1) is 32.8. The van der Waals surface area contributed by atoms with Crippen LogP contribution in [0.1, 0.15) is 37.5 Å². The minimum Gasteiger partial charge on any atom is -0.350 e. The molecule has 9 heteroatoms. The lowest BCUT2D eigenvalue weighted by Gasteiger charge is -2.35. The first-order chi connectivity index (χ1) is 20.8. The molecule has 0 aromatic heterocycles. The highest BCUT2D eigenvalue weighted by Crippen LogP contribution is 2.30. The molecule has 0 aliphatic heterocycles. The number of nitrogens with zero attached hydrogens (tertiary/aromatic N) is 2. The number of aryl methyl sites for hydroxylation is 1. The van der Waals surface area contributed by atoms with Crippen LogP contribution in [0.2, 0.25) is 5.02 Å². The van der Waals surface area contributed by atoms with Crippen LogP contribution in [0.3, 0.4) is 0 Å². The Bertz CT molecular complexity index is 1680. The summed E-state index contributed by atoms with van der Waals surface area (Å²) >= 11 is 6.34. The van der Waals surface area contributed by atoms with Crippen LogP contribution in [-0.4, -0.2) is 43.3 Å². The molecular formula is C35H38ClN3O4S. The third-order valence-electron chi connectivity index (χ3n) is 7.01. The van der Waals surface area contributed by atoms with Gasteiger partial charge in [0.15, 0.2) is 0 Å². The second-order valence-corrected chi connectivity index (χ2v) is 14.0. The summed E-state index contributed by atoms with van der Waals surface area (Å²) in [5.41, 5.74) is 2.02. The van der Waals surface area contributed by atoms with E-state index >= 15 is 0 Å². The van der Waals surface area contributed by atoms with Crippen LogP contribution in [0.4, 0.5) is 5.69 Å². The molecule has 0 heterocycles. The maximum absolute atomic E-state index is 14.5. The number of carbonyl (C=O) groups is 2. The molecule has 0 spiro atoms. The number of hydrogen-bond acceptors (Lipinski definition) is 4. The van der Waals surface area contributed by atoms with Gasteiger partial charge in [0.1, 0.15) is 12.6 Å². The van der Waals surface area contributed by atoms with E-state index in [2.05, 4.69) is 5.32 Å². The number of carbonyl (C=O) groups excluding carboxylic acids is 2. The molecule has 4 rings (SSSR count). The zero-order valence-electron chi connectivity index (χ0n) is 25.4. The van der Waals surface area contributed by atoms with E-state index < -0.39 is 34.1 Å². The van der Waals surface area contributed by atoms with E-state index in [0.717, 1.165) is 15.4 Å². The van der Waals surface area contributed by atoms with E-state index in [1.54, 1.807) is 43.3 Å². The van der Waals surface area contributed by atoms with E-state index in [0.29, 0.717) is 10.6 Å². The highest BCUT2D eigenvalue weighted by Gasteiger charge is 2.36. The molecule has 1 N–H and O–H groups in total. The maximum Gasteiger partial charge on any atom is 0.264 e. The lowest BCUT2D eigenvalue weighted by atomic mass is 10.0. The van der Waals surface area contributed by atoms with E-state index in [9.17, 15) is 18.0 Å². The van der Waals surface area contributed by atoms with Crippen molar-refractivity contribution in [3.8, 4) is 0 Å². The minimum atomic E-state index is -4.20. The number of sulfonamides is 1. The van der Waals surface area contributed by atoms with Crippen molar-refractivity contribution >= 4 is 39.1 Å². The van der Waals surface area contributed by atoms with Crippen LogP contribution in [0.25, 0.3) is 0 Å². The molecule has 4 aromatic carbocycles. The zero-order valence-corrected chi connectivity index (χ0v) is 27.0. The Labute approximate surface area is 265 Å². The normalized spacial score (nSPS) is 12.3. The van der Waals surface area contributed by atoms with Gasteiger partial charge >= 0.3 is 0 Å². The number of halogens is 1. The summed E-state index contributed by atoms with van der Waals surface area (Å²) in [4.78, 5) is 30.0. The Hall–Kier alpha value is -4.14. The molecule has 1 atom stereocenters. The molecule has 7 nitrogen and oxygen atoms in total. The zero-order chi connectivity index (χ0) is 31.9. The predicted molar refractivity (Wildman–Crippen MR) is 176 cm³/mol. The fraction of sp³-hybridized carbons (Fsp3) is 0.257. The van der Waals surface area contributed by atoms with Crippen LogP contribution in [-0.2, 0) is 32.6 Å². The summed E-state index contributed by atoms with van der Waals surface area (Å²) in [5.74, 6) is -0.861. The number of nitrogens with one attached hydrogen (secondary N) is 1. The van der Waals surface area contributed by atoms with Gasteiger partial charge in [-0.1, -0.05) is 96.5 Å². The van der Waals surface area contributed by atoms with Crippen LogP contribution in [0.5, 0.6) is 0 Å². The largest absolute Gasteiger partial charge is 0.350 e. The first-order valence-electron chi connectivity index (χ1n) is 14.4. The van der Waals surface area contributed by atoms with Gasteiger partial charge in [-0.25, -0.2) is 8.42 Å². The Morgan fingerprint density at radius 1 is 0.818 bits per heavy atom. The molecule has 44 heavy (non-hydrogen) atoms. The van der Waals surface area contributed by atoms with Crippen molar-refractivity contribution in [3.63, 3.8) is 0 Å². The number of amides is 2. The molecule has 2 amide bonds. The van der Waals surface area contributed by atoms with E-state index in [4.69, 9.17) is 11.6 Å². The van der Waals surface area contributed by atoms with Crippen LogP contribution in [0.15, 0.2) is 114 Å². The number of benzene rings is 4. The maximum atomic E-state index is 14.5. The Kier molecular flexibility index (Phi) is 10.5. The summed E-state index contributed by atoms with van der Waals surface area (Å²) in [6, 6.07) is 30.8. The lowest BCUT2D eigenvalue weighted by Crippen LogP contribution is -2.56. The number of anilines is 1. The highest BCUT2D eigenvalue weighted by atomic mass is 35.5. The summed E-state index contributed by atoms with van der Waals surface area (Å²) in [6.07, 6.45) is 0.239. The number of rotatable bonds is 11. The lowest BCUT2D eigenvalue weighted by molar-refractivity contribution is -0.140. The predicted octanol–water partition coefficient (Wildman–Crippen LogP) is 6.40. The second-order valence-electron chi connectivity index (χ2n) is 11.7. The molecule has 0 aliphatic carbocycles. The van der Waals surface area contributed by atoms with Crippen molar-refractivity contribution in [2.45, 2.75) is 57.1 Å². The van der Waals surface area contributed by atoms with E-state index in [1.165, 1.54) is 17.0 Å². The van der Waals surface area contributed by atoms with Gasteiger partial charge in [0, 0.05) is 23.5 Å². The van der Waals surface area contributed by atoms with E-state index in [1.807, 2.05) is 81.4 Å². The molecule has 0 aliphatic rings. The average molecular weight is 632 g/mol. The summed E-state index contributed by atoms with van der Waals surface area (Å²) in [5, 5.41) is 3.37. The molecule has 0 fully saturated rings. The van der Waals surface area contributed by atoms with Gasteiger partial charge in [0.05, 0.1) is 10.6 Å². The van der Waals surface area contributed by atoms with Gasteiger partial charge in [0.2, 0.25) is 11.8 Å². The fourth-order valence-electron chi connectivity index (χ4n) is 4.87. The first-order valence-corrected chi connectivity index (χ1v) is 16.2. The average Bonchev–Trinajstić information content (AvgIpc) is 2.99. The standard InChI is InChI=1S/C35H38ClN3O4S/c1-26-20-21-29(36)23-31(26)39(44(42,43)30-18-12-7-13-19-30)25-33(40)38(24-28-16-10-6-11-17-28)32(34(41)37-35(2,3)4)22-27-14-8-5-9-15-27/h5-21,23,32H,22,24-25H2,1-4H3,(H,37,41)/t32-/m1/s1. The monoisotopic (exact) mass is 631 g/mol. The van der Waals surface area contributed by atoms with Gasteiger partial charge in [0.25, 0.3) is 10.0 Å². The smallest absolute Gasteiger partial charge is 0.264 e. The van der Waals surface area contributed by atoms with Gasteiger partial charge in [-0.15, -0.1) is 0 Å². The highest BCUT2D eigenvalue weighted by molar-refractivity contribution is 7.92. The van der Waals surface area contributed by atoms with Crippen LogP contribution < -0.4 is 9.62 Å². The Morgan fingerprint density at radius 3 is 1.93 bits per heavy atom. The molecule has 0 radical (unpaired) electrons. The van der Waals surface area contributed by atoms with Crippen molar-refractivity contribution in [3.05, 3.63) is 131 Å². The summed E-state index contributed by atoms with van der Waals surface area (Å²) in [6.45, 7) is 6.96. The van der Waals surface area contributed by atoms with E-state index in [-0.39, 0.29) is 29.5 Å². The van der Waals surface area contributed by atoms with Crippen LogP contribution in [0, 0.1) is 6.92 Å². The third kappa shape index (κ3) is 8.49. The second kappa shape index (κ2) is 14.1. The molecule has 0 saturated heterocycles. The molecule has 0 unspecified atom stereocenters. The van der Waals surface area contributed by atoms with Crippen molar-refractivity contribution < 1.29 is 18.0 Å². The quantitative estimate of drug-likeness (QED) is 0.208. The summed E-state index contributed by atoms with van der Waals surface area (Å²) < 4.78 is 29.3. The molecule has 0 saturated carbocycles. The molecular weight excluding hydrogens is 594 g/mol. The van der Waals surface area contributed by atoms with Crippen molar-refractivity contribution in [1.29, 1.82) is 0 Å². The molecule has 230 valence electrons. The third-order valence-corrected chi connectivity index (χ3v) is 9.02. The van der Waals surface area contributed by atoms with Gasteiger partial charge in [-0.2, -0.15) is 0 Å². The topological polar surface area (TPSA) is 86.8 Å². The Balaban J connectivity index is 1.83. The van der Waals surface area contributed by atoms with Gasteiger partial charge in [-0.05, 0) is 68.7 Å². The molecule has 0 bridgehead atoms. The number of hydrogen-bond donors (Lipinski definition) is 1. The molecule has 4 aromatic rings. The fourth-order valence-corrected chi connectivity index (χ4v) is 6.53. The summed E-state index contributed by atoms with van der Waals surface area (Å²) in [7, 11) is -4.20. The van der Waals surface area contributed by atoms with Gasteiger partial charge < -0.3 is 10.2 Å². The SMILES string of the molecule is Cc1ccc(Cl)cc1N(CC(=O)N(Cc1ccccc1)[C@H](Cc1ccccc1)C(=O)NC(C)(C)C)S(=O)(=O)c1ccccc1. The minimum absolute atomic E-state index is 0.0353. The van der Waals surface area contributed by atoms with Gasteiger partial charge in [-0.3, -0.25) is 13.9 Å². The van der Waals surface area contributed by atoms with Crippen molar-refractivity contribution in [2.24, 2.45) is 0 Å².